The smallest absolute Gasteiger partial charge is 0.394 e. The molecule has 0 aromatic rings. The minimum atomic E-state index is -4.67. The fourth-order valence-electron chi connectivity index (χ4n) is 1.21. The second kappa shape index (κ2) is 8.21. The highest BCUT2D eigenvalue weighted by molar-refractivity contribution is 7.81. The van der Waals surface area contributed by atoms with Crippen LogP contribution in [0.4, 0.5) is 8.78 Å². The topological polar surface area (TPSA) is 67.8 Å². The molecule has 0 radical (unpaired) electrons. The number of thiocarbonyl (C=S) groups is 1. The van der Waals surface area contributed by atoms with Crippen LogP contribution in [0.15, 0.2) is 0 Å². The molecule has 1 atom stereocenters. The predicted molar refractivity (Wildman–Crippen MR) is 72.7 cm³/mol. The molecule has 5 nitrogen and oxygen atoms in total. The summed E-state index contributed by atoms with van der Waals surface area (Å²) in [5.74, 6) is 0. The monoisotopic (exact) mass is 319 g/mol. The maximum atomic E-state index is 14.1. The maximum Gasteiger partial charge on any atom is 0.406 e. The van der Waals surface area contributed by atoms with E-state index < -0.39 is 24.3 Å². The molecule has 0 aromatic heterocycles. The number of nitrogens with one attached hydrogen (secondary N) is 1. The first-order chi connectivity index (χ1) is 8.78. The molecular formula is C10H20F2NO4PS. The van der Waals surface area contributed by atoms with Gasteiger partial charge in [-0.05, 0) is 20.3 Å². The predicted octanol–water partition coefficient (Wildman–Crippen LogP) is 2.53. The summed E-state index contributed by atoms with van der Waals surface area (Å²) >= 11 is 4.57. The van der Waals surface area contributed by atoms with Gasteiger partial charge in [0.15, 0.2) is 4.99 Å². The van der Waals surface area contributed by atoms with Crippen LogP contribution in [-0.4, -0.2) is 41.6 Å². The zero-order chi connectivity index (χ0) is 15.1. The molecular weight excluding hydrogens is 299 g/mol. The van der Waals surface area contributed by atoms with E-state index in [-0.39, 0.29) is 19.8 Å². The van der Waals surface area contributed by atoms with Gasteiger partial charge in [-0.1, -0.05) is 19.1 Å². The molecule has 0 bridgehead atoms. The Bertz CT molecular complexity index is 329. The van der Waals surface area contributed by atoms with E-state index in [4.69, 9.17) is 5.11 Å². The molecule has 114 valence electrons. The van der Waals surface area contributed by atoms with Crippen LogP contribution in [0.1, 0.15) is 27.2 Å². The van der Waals surface area contributed by atoms with Crippen LogP contribution in [-0.2, 0) is 13.6 Å². The molecule has 0 saturated carbocycles. The standard InChI is InChI=1S/C10H20F2NO4PS/c1-4-8(7-14)13-9(19)10(11,12)18(15,16-5-2)17-6-3/h8,14H,4-7H2,1-3H3,(H,13,19)/t8-/m1/s1. The summed E-state index contributed by atoms with van der Waals surface area (Å²) < 4.78 is 49.4. The number of aliphatic hydroxyl groups excluding tert-OH is 1. The maximum absolute atomic E-state index is 14.1. The molecule has 2 N–H and O–H groups in total. The number of rotatable bonds is 9. The first-order valence-electron chi connectivity index (χ1n) is 5.97. The van der Waals surface area contributed by atoms with Crippen molar-refractivity contribution in [3.05, 3.63) is 0 Å². The number of halogens is 2. The number of hydrogen-bond donors (Lipinski definition) is 2. The van der Waals surface area contributed by atoms with Gasteiger partial charge in [0, 0.05) is 6.04 Å². The van der Waals surface area contributed by atoms with Gasteiger partial charge in [-0.3, -0.25) is 4.57 Å². The third-order valence-corrected chi connectivity index (χ3v) is 4.90. The fraction of sp³-hybridized carbons (Fsp3) is 0.900. The van der Waals surface area contributed by atoms with E-state index in [1.807, 2.05) is 0 Å². The Kier molecular flexibility index (Phi) is 8.15. The van der Waals surface area contributed by atoms with Crippen LogP contribution in [0.25, 0.3) is 0 Å². The Morgan fingerprint density at radius 3 is 2.16 bits per heavy atom. The minimum Gasteiger partial charge on any atom is -0.394 e. The molecule has 0 amide bonds. The van der Waals surface area contributed by atoms with Crippen LogP contribution >= 0.6 is 19.8 Å². The number of aliphatic hydroxyl groups is 1. The van der Waals surface area contributed by atoms with E-state index in [1.54, 1.807) is 6.92 Å². The van der Waals surface area contributed by atoms with Gasteiger partial charge < -0.3 is 19.5 Å². The molecule has 0 aromatic carbocycles. The lowest BCUT2D eigenvalue weighted by Gasteiger charge is -2.28. The Morgan fingerprint density at radius 2 is 1.84 bits per heavy atom. The van der Waals surface area contributed by atoms with Crippen molar-refractivity contribution in [1.82, 2.24) is 5.32 Å². The second-order valence-electron chi connectivity index (χ2n) is 3.64. The zero-order valence-electron chi connectivity index (χ0n) is 11.2. The van der Waals surface area contributed by atoms with Gasteiger partial charge in [-0.15, -0.1) is 0 Å². The summed E-state index contributed by atoms with van der Waals surface area (Å²) in [6.45, 7) is 3.82. The lowest BCUT2D eigenvalue weighted by atomic mass is 10.2. The van der Waals surface area contributed by atoms with Crippen molar-refractivity contribution in [2.75, 3.05) is 19.8 Å². The molecule has 0 aliphatic carbocycles. The zero-order valence-corrected chi connectivity index (χ0v) is 12.9. The van der Waals surface area contributed by atoms with Crippen molar-refractivity contribution < 1.29 is 27.5 Å². The van der Waals surface area contributed by atoms with Gasteiger partial charge in [-0.2, -0.15) is 8.78 Å². The van der Waals surface area contributed by atoms with E-state index in [9.17, 15) is 13.3 Å². The Labute approximate surface area is 117 Å². The first kappa shape index (κ1) is 18.9. The van der Waals surface area contributed by atoms with E-state index in [1.165, 1.54) is 13.8 Å². The highest BCUT2D eigenvalue weighted by atomic mass is 32.1. The minimum absolute atomic E-state index is 0.188. The SMILES string of the molecule is CCOP(=O)(OCC)C(F)(F)C(=S)N[C@H](CC)CO. The number of hydrogen-bond acceptors (Lipinski definition) is 5. The molecule has 9 heteroatoms. The van der Waals surface area contributed by atoms with Crippen LogP contribution in [0.3, 0.4) is 0 Å². The van der Waals surface area contributed by atoms with Gasteiger partial charge >= 0.3 is 13.3 Å². The third-order valence-electron chi connectivity index (χ3n) is 2.26. The molecule has 0 rings (SSSR count). The molecule has 0 aliphatic rings. The lowest BCUT2D eigenvalue weighted by Crippen LogP contribution is -2.45. The van der Waals surface area contributed by atoms with Crippen LogP contribution in [0, 0.1) is 0 Å². The summed E-state index contributed by atoms with van der Waals surface area (Å²) in [5, 5.41) is 11.2. The molecule has 0 heterocycles. The molecule has 0 fully saturated rings. The second-order valence-corrected chi connectivity index (χ2v) is 6.12. The van der Waals surface area contributed by atoms with Gasteiger partial charge in [0.05, 0.1) is 19.8 Å². The Balaban J connectivity index is 5.08. The van der Waals surface area contributed by atoms with Crippen molar-refractivity contribution in [2.45, 2.75) is 38.9 Å². The van der Waals surface area contributed by atoms with Crippen LogP contribution in [0.5, 0.6) is 0 Å². The van der Waals surface area contributed by atoms with Crippen molar-refractivity contribution in [3.63, 3.8) is 0 Å². The summed E-state index contributed by atoms with van der Waals surface area (Å²) in [4.78, 5) is -0.946. The highest BCUT2D eigenvalue weighted by Crippen LogP contribution is 2.62. The van der Waals surface area contributed by atoms with Gasteiger partial charge in [0.1, 0.15) is 0 Å². The van der Waals surface area contributed by atoms with E-state index in [0.29, 0.717) is 6.42 Å². The Morgan fingerprint density at radius 1 is 1.37 bits per heavy atom. The normalized spacial score (nSPS) is 14.2. The van der Waals surface area contributed by atoms with E-state index in [2.05, 4.69) is 26.6 Å². The van der Waals surface area contributed by atoms with Crippen LogP contribution in [0.2, 0.25) is 0 Å². The summed E-state index contributed by atoms with van der Waals surface area (Å²) in [6.07, 6.45) is 0.389. The number of alkyl halides is 2. The molecule has 19 heavy (non-hydrogen) atoms. The van der Waals surface area contributed by atoms with Crippen molar-refractivity contribution >= 4 is 24.8 Å². The quantitative estimate of drug-likeness (QED) is 0.503. The van der Waals surface area contributed by atoms with Crippen molar-refractivity contribution in [3.8, 4) is 0 Å². The molecule has 0 saturated heterocycles. The van der Waals surface area contributed by atoms with Gasteiger partial charge in [0.25, 0.3) is 0 Å². The molecule has 0 spiro atoms. The van der Waals surface area contributed by atoms with Crippen molar-refractivity contribution in [2.24, 2.45) is 0 Å². The Hall–Kier alpha value is -0.140. The average molecular weight is 319 g/mol. The van der Waals surface area contributed by atoms with Gasteiger partial charge in [-0.25, -0.2) is 0 Å². The van der Waals surface area contributed by atoms with E-state index in [0.717, 1.165) is 0 Å². The van der Waals surface area contributed by atoms with Crippen molar-refractivity contribution in [1.29, 1.82) is 0 Å². The average Bonchev–Trinajstić information content (AvgIpc) is 2.35. The van der Waals surface area contributed by atoms with Gasteiger partial charge in [0.2, 0.25) is 0 Å². The molecule has 0 aliphatic heterocycles. The van der Waals surface area contributed by atoms with Crippen LogP contribution < -0.4 is 5.32 Å². The highest BCUT2D eigenvalue weighted by Gasteiger charge is 2.57. The summed E-state index contributed by atoms with van der Waals surface area (Å²) in [6, 6.07) is -0.630. The summed E-state index contributed by atoms with van der Waals surface area (Å²) in [5.41, 5.74) is -3.93. The van der Waals surface area contributed by atoms with E-state index >= 15 is 0 Å². The molecule has 0 unspecified atom stereocenters. The lowest BCUT2D eigenvalue weighted by molar-refractivity contribution is 0.0925. The fourth-order valence-corrected chi connectivity index (χ4v) is 3.11. The largest absolute Gasteiger partial charge is 0.406 e. The summed E-state index contributed by atoms with van der Waals surface area (Å²) in [7, 11) is -4.67. The third kappa shape index (κ3) is 4.72. The first-order valence-corrected chi connectivity index (χ1v) is 7.92.